The summed E-state index contributed by atoms with van der Waals surface area (Å²) in [6, 6.07) is 11.5. The van der Waals surface area contributed by atoms with Crippen molar-refractivity contribution in [3.8, 4) is 5.75 Å². The van der Waals surface area contributed by atoms with Crippen LogP contribution in [0.4, 0.5) is 5.69 Å². The van der Waals surface area contributed by atoms with Crippen LogP contribution in [0.1, 0.15) is 43.5 Å². The third kappa shape index (κ3) is 4.75. The number of hydrogen-bond donors (Lipinski definition) is 1. The van der Waals surface area contributed by atoms with Gasteiger partial charge in [0.2, 0.25) is 10.0 Å². The van der Waals surface area contributed by atoms with E-state index in [1.54, 1.807) is 53.9 Å². The highest BCUT2D eigenvalue weighted by Crippen LogP contribution is 2.30. The smallest absolute Gasteiger partial charge is 0.255 e. The van der Waals surface area contributed by atoms with Crippen molar-refractivity contribution in [1.82, 2.24) is 4.31 Å². The van der Waals surface area contributed by atoms with E-state index in [4.69, 9.17) is 4.74 Å². The average molecular weight is 528 g/mol. The van der Waals surface area contributed by atoms with E-state index in [2.05, 4.69) is 27.9 Å². The van der Waals surface area contributed by atoms with Gasteiger partial charge in [0.05, 0.1) is 15.6 Å². The second-order valence-corrected chi connectivity index (χ2v) is 10.3. The van der Waals surface area contributed by atoms with Gasteiger partial charge in [0.1, 0.15) is 5.75 Å². The lowest BCUT2D eigenvalue weighted by Crippen LogP contribution is -2.47. The number of carbonyl (C=O) groups excluding carboxylic acids is 1. The first kappa shape index (κ1) is 22.0. The normalized spacial score (nSPS) is 20.3. The molecule has 0 radical (unpaired) electrons. The van der Waals surface area contributed by atoms with Crippen LogP contribution in [0.2, 0.25) is 0 Å². The van der Waals surface area contributed by atoms with Gasteiger partial charge in [-0.25, -0.2) is 8.42 Å². The Morgan fingerprint density at radius 3 is 2.28 bits per heavy atom. The molecule has 2 unspecified atom stereocenters. The lowest BCUT2D eigenvalue weighted by atomic mass is 10.0. The Hall–Kier alpha value is -1.65. The molecule has 1 aliphatic rings. The summed E-state index contributed by atoms with van der Waals surface area (Å²) in [4.78, 5) is 12.7. The van der Waals surface area contributed by atoms with Crippen LogP contribution in [0.3, 0.4) is 0 Å². The van der Waals surface area contributed by atoms with Crippen LogP contribution >= 0.6 is 22.6 Å². The number of methoxy groups -OCH3 is 1. The second-order valence-electron chi connectivity index (χ2n) is 7.29. The first-order valence-electron chi connectivity index (χ1n) is 9.52. The molecule has 3 rings (SSSR count). The molecule has 2 aromatic carbocycles. The number of amides is 1. The van der Waals surface area contributed by atoms with Crippen molar-refractivity contribution < 1.29 is 17.9 Å². The van der Waals surface area contributed by atoms with E-state index in [-0.39, 0.29) is 22.9 Å². The van der Waals surface area contributed by atoms with Crippen molar-refractivity contribution in [3.63, 3.8) is 0 Å². The molecule has 0 aromatic heterocycles. The number of benzene rings is 2. The molecular weight excluding hydrogens is 503 g/mol. The Morgan fingerprint density at radius 1 is 1.10 bits per heavy atom. The molecule has 1 saturated heterocycles. The number of halogens is 1. The van der Waals surface area contributed by atoms with Crippen LogP contribution in [0, 0.1) is 3.57 Å². The van der Waals surface area contributed by atoms with Crippen molar-refractivity contribution in [1.29, 1.82) is 0 Å². The molecule has 2 aromatic rings. The van der Waals surface area contributed by atoms with Gasteiger partial charge in [-0.2, -0.15) is 4.31 Å². The topological polar surface area (TPSA) is 75.7 Å². The lowest BCUT2D eigenvalue weighted by Gasteiger charge is -2.37. The summed E-state index contributed by atoms with van der Waals surface area (Å²) in [5, 5.41) is 2.81. The summed E-state index contributed by atoms with van der Waals surface area (Å²) < 4.78 is 33.8. The molecule has 6 nitrogen and oxygen atoms in total. The summed E-state index contributed by atoms with van der Waals surface area (Å²) in [5.41, 5.74) is 1.04. The maximum Gasteiger partial charge on any atom is 0.255 e. The molecule has 0 bridgehead atoms. The second kappa shape index (κ2) is 9.01. The number of piperidine rings is 1. The molecule has 1 N–H and O–H groups in total. The minimum absolute atomic E-state index is 0.0133. The highest BCUT2D eigenvalue weighted by Gasteiger charge is 2.35. The maximum atomic E-state index is 13.1. The van der Waals surface area contributed by atoms with E-state index in [0.717, 1.165) is 22.8 Å². The summed E-state index contributed by atoms with van der Waals surface area (Å²) in [5.74, 6) is 0.442. The molecule has 1 amide bonds. The molecule has 156 valence electrons. The first-order chi connectivity index (χ1) is 13.7. The molecule has 8 heteroatoms. The maximum absolute atomic E-state index is 13.1. The number of ether oxygens (including phenoxy) is 1. The molecule has 1 fully saturated rings. The van der Waals surface area contributed by atoms with Crippen LogP contribution in [-0.2, 0) is 10.0 Å². The minimum atomic E-state index is -3.57. The van der Waals surface area contributed by atoms with Crippen LogP contribution in [0.5, 0.6) is 5.75 Å². The van der Waals surface area contributed by atoms with Gasteiger partial charge in [0.15, 0.2) is 0 Å². The summed E-state index contributed by atoms with van der Waals surface area (Å²) in [7, 11) is -1.98. The highest BCUT2D eigenvalue weighted by atomic mass is 127. The number of nitrogens with zero attached hydrogens (tertiary/aromatic N) is 1. The van der Waals surface area contributed by atoms with E-state index >= 15 is 0 Å². The number of carbonyl (C=O) groups is 1. The minimum Gasteiger partial charge on any atom is -0.496 e. The van der Waals surface area contributed by atoms with Crippen molar-refractivity contribution in [2.75, 3.05) is 12.4 Å². The third-order valence-electron chi connectivity index (χ3n) is 5.21. The molecule has 2 atom stereocenters. The van der Waals surface area contributed by atoms with Crippen LogP contribution in [0.15, 0.2) is 47.4 Å². The standard InChI is InChI=1S/C21H25IN2O4S/c1-14-5-4-6-15(2)24(14)29(26,27)18-10-8-17(9-11-18)23-21(25)16-7-12-20(28-3)19(22)13-16/h7-15H,4-6H2,1-3H3,(H,23,25). The van der Waals surface area contributed by atoms with Gasteiger partial charge in [0.25, 0.3) is 5.91 Å². The molecular formula is C21H25IN2O4S. The van der Waals surface area contributed by atoms with Crippen molar-refractivity contribution in [3.05, 3.63) is 51.6 Å². The van der Waals surface area contributed by atoms with Gasteiger partial charge in [-0.1, -0.05) is 6.42 Å². The van der Waals surface area contributed by atoms with E-state index in [0.29, 0.717) is 17.0 Å². The predicted molar refractivity (Wildman–Crippen MR) is 122 cm³/mol. The monoisotopic (exact) mass is 528 g/mol. The Balaban J connectivity index is 1.76. The lowest BCUT2D eigenvalue weighted by molar-refractivity contribution is 0.102. The summed E-state index contributed by atoms with van der Waals surface area (Å²) in [6.07, 6.45) is 2.79. The Bertz CT molecular complexity index is 982. The molecule has 0 aliphatic carbocycles. The number of hydrogen-bond acceptors (Lipinski definition) is 4. The number of rotatable bonds is 5. The molecule has 29 heavy (non-hydrogen) atoms. The number of anilines is 1. The largest absolute Gasteiger partial charge is 0.496 e. The van der Waals surface area contributed by atoms with E-state index < -0.39 is 10.0 Å². The molecule has 0 saturated carbocycles. The SMILES string of the molecule is COc1ccc(C(=O)Nc2ccc(S(=O)(=O)N3C(C)CCCC3C)cc2)cc1I. The van der Waals surface area contributed by atoms with Crippen LogP contribution in [0.25, 0.3) is 0 Å². The van der Waals surface area contributed by atoms with Crippen LogP contribution in [-0.4, -0.2) is 37.8 Å². The number of sulfonamides is 1. The zero-order chi connectivity index (χ0) is 21.2. The van der Waals surface area contributed by atoms with Gasteiger partial charge >= 0.3 is 0 Å². The van der Waals surface area contributed by atoms with Crippen molar-refractivity contribution in [2.24, 2.45) is 0 Å². The van der Waals surface area contributed by atoms with E-state index in [9.17, 15) is 13.2 Å². The quantitative estimate of drug-likeness (QED) is 0.580. The third-order valence-corrected chi connectivity index (χ3v) is 8.20. The van der Waals surface area contributed by atoms with Gasteiger partial charge in [-0.3, -0.25) is 4.79 Å². The van der Waals surface area contributed by atoms with E-state index in [1.165, 1.54) is 0 Å². The Kier molecular flexibility index (Phi) is 6.85. The van der Waals surface area contributed by atoms with Gasteiger partial charge < -0.3 is 10.1 Å². The summed E-state index contributed by atoms with van der Waals surface area (Å²) >= 11 is 2.11. The fourth-order valence-electron chi connectivity index (χ4n) is 3.71. The van der Waals surface area contributed by atoms with Crippen LogP contribution < -0.4 is 10.1 Å². The van der Waals surface area contributed by atoms with Crippen molar-refractivity contribution in [2.45, 2.75) is 50.1 Å². The predicted octanol–water partition coefficient (Wildman–Crippen LogP) is 4.50. The van der Waals surface area contributed by atoms with Crippen molar-refractivity contribution >= 4 is 44.2 Å². The summed E-state index contributed by atoms with van der Waals surface area (Å²) in [6.45, 7) is 3.91. The van der Waals surface area contributed by atoms with Gasteiger partial charge in [0, 0.05) is 23.3 Å². The molecule has 1 aliphatic heterocycles. The first-order valence-corrected chi connectivity index (χ1v) is 12.0. The molecule has 1 heterocycles. The Morgan fingerprint density at radius 2 is 1.72 bits per heavy atom. The average Bonchev–Trinajstić information content (AvgIpc) is 2.68. The van der Waals surface area contributed by atoms with E-state index in [1.807, 2.05) is 13.8 Å². The highest BCUT2D eigenvalue weighted by molar-refractivity contribution is 14.1. The fourth-order valence-corrected chi connectivity index (χ4v) is 6.33. The molecule has 0 spiro atoms. The zero-order valence-electron chi connectivity index (χ0n) is 16.7. The zero-order valence-corrected chi connectivity index (χ0v) is 19.7. The van der Waals surface area contributed by atoms with Gasteiger partial charge in [-0.15, -0.1) is 0 Å². The number of nitrogens with one attached hydrogen (secondary N) is 1. The Labute approximate surface area is 185 Å². The van der Waals surface area contributed by atoms with Gasteiger partial charge in [-0.05, 0) is 91.7 Å². The fraction of sp³-hybridized carbons (Fsp3) is 0.381.